The lowest BCUT2D eigenvalue weighted by Gasteiger charge is -2.27. The van der Waals surface area contributed by atoms with Gasteiger partial charge in [-0.05, 0) is 43.9 Å². The summed E-state index contributed by atoms with van der Waals surface area (Å²) in [6, 6.07) is 6.58. The van der Waals surface area contributed by atoms with Crippen molar-refractivity contribution in [3.05, 3.63) is 23.8 Å². The second-order valence-corrected chi connectivity index (χ2v) is 5.87. The summed E-state index contributed by atoms with van der Waals surface area (Å²) in [4.78, 5) is 2.52. The van der Waals surface area contributed by atoms with Gasteiger partial charge in [0.15, 0.2) is 0 Å². The van der Waals surface area contributed by atoms with Crippen molar-refractivity contribution in [2.45, 2.75) is 66.2 Å². The van der Waals surface area contributed by atoms with Crippen LogP contribution < -0.4 is 9.64 Å². The van der Waals surface area contributed by atoms with E-state index >= 15 is 0 Å². The van der Waals surface area contributed by atoms with E-state index in [9.17, 15) is 0 Å². The van der Waals surface area contributed by atoms with Crippen molar-refractivity contribution in [2.24, 2.45) is 0 Å². The smallest absolute Gasteiger partial charge is 0.142 e. The fraction of sp³-hybridized carbons (Fsp3) is 0.684. The zero-order valence-corrected chi connectivity index (χ0v) is 14.5. The highest BCUT2D eigenvalue weighted by atomic mass is 16.5. The number of benzene rings is 1. The van der Waals surface area contributed by atoms with Crippen LogP contribution in [0.5, 0.6) is 5.75 Å². The average Bonchev–Trinajstić information content (AvgIpc) is 2.49. The summed E-state index contributed by atoms with van der Waals surface area (Å²) < 4.78 is 6.03. The molecule has 0 saturated carbocycles. The van der Waals surface area contributed by atoms with Gasteiger partial charge in [0.1, 0.15) is 5.75 Å². The summed E-state index contributed by atoms with van der Waals surface area (Å²) in [6.07, 6.45) is 7.26. The van der Waals surface area contributed by atoms with Crippen LogP contribution in [0.1, 0.15) is 64.9 Å². The van der Waals surface area contributed by atoms with Crippen molar-refractivity contribution in [1.29, 1.82) is 0 Å². The highest BCUT2D eigenvalue weighted by Crippen LogP contribution is 2.30. The monoisotopic (exact) mass is 291 g/mol. The molecule has 0 heterocycles. The van der Waals surface area contributed by atoms with Crippen LogP contribution in [0.2, 0.25) is 0 Å². The van der Waals surface area contributed by atoms with Gasteiger partial charge >= 0.3 is 0 Å². The third-order valence-electron chi connectivity index (χ3n) is 3.77. The van der Waals surface area contributed by atoms with E-state index in [1.54, 1.807) is 0 Å². The number of nitrogens with zero attached hydrogens (tertiary/aromatic N) is 1. The van der Waals surface area contributed by atoms with E-state index in [0.717, 1.165) is 31.9 Å². The number of rotatable bonds is 11. The summed E-state index contributed by atoms with van der Waals surface area (Å²) in [5.74, 6) is 1.06. The van der Waals surface area contributed by atoms with Crippen molar-refractivity contribution in [3.63, 3.8) is 0 Å². The zero-order chi connectivity index (χ0) is 15.5. The summed E-state index contributed by atoms with van der Waals surface area (Å²) in [5, 5.41) is 0. The SMILES string of the molecule is CCCCOc1ccc(C)cc1N(CCCC)CCCC. The van der Waals surface area contributed by atoms with Crippen LogP contribution in [-0.2, 0) is 0 Å². The number of anilines is 1. The standard InChI is InChI=1S/C19H33NO/c1-5-8-13-20(14-9-6-2)18-16-17(4)11-12-19(18)21-15-10-7-3/h11-12,16H,5-10,13-15H2,1-4H3. The van der Waals surface area contributed by atoms with Gasteiger partial charge in [0.25, 0.3) is 0 Å². The Morgan fingerprint density at radius 1 is 0.905 bits per heavy atom. The van der Waals surface area contributed by atoms with E-state index in [-0.39, 0.29) is 0 Å². The molecule has 120 valence electrons. The Morgan fingerprint density at radius 3 is 2.10 bits per heavy atom. The molecular weight excluding hydrogens is 258 g/mol. The predicted molar refractivity (Wildman–Crippen MR) is 93.6 cm³/mol. The number of hydrogen-bond donors (Lipinski definition) is 0. The zero-order valence-electron chi connectivity index (χ0n) is 14.5. The molecule has 0 unspecified atom stereocenters. The molecule has 2 heteroatoms. The first kappa shape index (κ1) is 17.9. The largest absolute Gasteiger partial charge is 0.491 e. The second kappa shape index (κ2) is 10.5. The molecule has 1 aromatic rings. The summed E-state index contributed by atoms with van der Waals surface area (Å²) in [7, 11) is 0. The molecule has 0 spiro atoms. The average molecular weight is 291 g/mol. The molecule has 1 rings (SSSR count). The Bertz CT molecular complexity index is 381. The molecular formula is C19H33NO. The lowest BCUT2D eigenvalue weighted by atomic mass is 10.1. The van der Waals surface area contributed by atoms with Gasteiger partial charge in [-0.25, -0.2) is 0 Å². The topological polar surface area (TPSA) is 12.5 Å². The van der Waals surface area contributed by atoms with Crippen LogP contribution in [0.15, 0.2) is 18.2 Å². The Morgan fingerprint density at radius 2 is 1.52 bits per heavy atom. The van der Waals surface area contributed by atoms with Crippen molar-refractivity contribution < 1.29 is 4.74 Å². The van der Waals surface area contributed by atoms with E-state index in [4.69, 9.17) is 4.74 Å². The van der Waals surface area contributed by atoms with Gasteiger partial charge < -0.3 is 9.64 Å². The van der Waals surface area contributed by atoms with E-state index in [1.165, 1.54) is 43.4 Å². The first-order valence-corrected chi connectivity index (χ1v) is 8.71. The minimum Gasteiger partial charge on any atom is -0.491 e. The molecule has 0 saturated heterocycles. The lowest BCUT2D eigenvalue weighted by Crippen LogP contribution is -2.26. The Hall–Kier alpha value is -1.18. The van der Waals surface area contributed by atoms with Gasteiger partial charge in [-0.3, -0.25) is 0 Å². The Labute approximate surface area is 131 Å². The maximum absolute atomic E-state index is 6.03. The van der Waals surface area contributed by atoms with E-state index < -0.39 is 0 Å². The van der Waals surface area contributed by atoms with Gasteiger partial charge in [0, 0.05) is 13.1 Å². The predicted octanol–water partition coefficient (Wildman–Crippen LogP) is 5.58. The van der Waals surface area contributed by atoms with Gasteiger partial charge in [0.05, 0.1) is 12.3 Å². The van der Waals surface area contributed by atoms with Gasteiger partial charge in [0.2, 0.25) is 0 Å². The lowest BCUT2D eigenvalue weighted by molar-refractivity contribution is 0.309. The molecule has 0 aliphatic rings. The van der Waals surface area contributed by atoms with Crippen molar-refractivity contribution in [2.75, 3.05) is 24.6 Å². The van der Waals surface area contributed by atoms with E-state index in [0.29, 0.717) is 0 Å². The molecule has 1 aromatic carbocycles. The van der Waals surface area contributed by atoms with Crippen molar-refractivity contribution in [1.82, 2.24) is 0 Å². The first-order valence-electron chi connectivity index (χ1n) is 8.71. The normalized spacial score (nSPS) is 10.7. The number of aryl methyl sites for hydroxylation is 1. The van der Waals surface area contributed by atoms with E-state index in [2.05, 4.69) is 50.8 Å². The molecule has 0 radical (unpaired) electrons. The molecule has 2 nitrogen and oxygen atoms in total. The number of ether oxygens (including phenoxy) is 1. The summed E-state index contributed by atoms with van der Waals surface area (Å²) >= 11 is 0. The Kier molecular flexibility index (Phi) is 8.96. The molecule has 21 heavy (non-hydrogen) atoms. The molecule has 0 atom stereocenters. The van der Waals surface area contributed by atoms with Crippen LogP contribution in [-0.4, -0.2) is 19.7 Å². The molecule has 0 N–H and O–H groups in total. The summed E-state index contributed by atoms with van der Waals surface area (Å²) in [6.45, 7) is 12.0. The highest BCUT2D eigenvalue weighted by molar-refractivity contribution is 5.60. The van der Waals surface area contributed by atoms with Crippen LogP contribution in [0.4, 0.5) is 5.69 Å². The van der Waals surface area contributed by atoms with E-state index in [1.807, 2.05) is 0 Å². The van der Waals surface area contributed by atoms with Crippen molar-refractivity contribution >= 4 is 5.69 Å². The maximum Gasteiger partial charge on any atom is 0.142 e. The minimum atomic E-state index is 0.821. The quantitative estimate of drug-likeness (QED) is 0.493. The molecule has 0 bridgehead atoms. The molecule has 0 fully saturated rings. The molecule has 0 aliphatic carbocycles. The van der Waals surface area contributed by atoms with Crippen LogP contribution in [0.3, 0.4) is 0 Å². The second-order valence-electron chi connectivity index (χ2n) is 5.87. The maximum atomic E-state index is 6.03. The van der Waals surface area contributed by atoms with Crippen molar-refractivity contribution in [3.8, 4) is 5.75 Å². The third-order valence-corrected chi connectivity index (χ3v) is 3.77. The first-order chi connectivity index (χ1) is 10.2. The van der Waals surface area contributed by atoms with Crippen LogP contribution in [0.25, 0.3) is 0 Å². The number of unbranched alkanes of at least 4 members (excludes halogenated alkanes) is 3. The highest BCUT2D eigenvalue weighted by Gasteiger charge is 2.12. The van der Waals surface area contributed by atoms with Gasteiger partial charge in [-0.15, -0.1) is 0 Å². The van der Waals surface area contributed by atoms with Gasteiger partial charge in [-0.2, -0.15) is 0 Å². The summed E-state index contributed by atoms with van der Waals surface area (Å²) in [5.41, 5.74) is 2.60. The molecule has 0 amide bonds. The third kappa shape index (κ3) is 6.41. The number of hydrogen-bond acceptors (Lipinski definition) is 2. The minimum absolute atomic E-state index is 0.821. The van der Waals surface area contributed by atoms with Gasteiger partial charge in [-0.1, -0.05) is 46.1 Å². The van der Waals surface area contributed by atoms with Crippen LogP contribution in [0, 0.1) is 6.92 Å². The fourth-order valence-electron chi connectivity index (χ4n) is 2.37. The molecule has 0 aliphatic heterocycles. The molecule has 0 aromatic heterocycles. The fourth-order valence-corrected chi connectivity index (χ4v) is 2.37. The van der Waals surface area contributed by atoms with Crippen LogP contribution >= 0.6 is 0 Å². The Balaban J connectivity index is 2.88.